The maximum absolute atomic E-state index is 12.2. The molecule has 0 aliphatic carbocycles. The molecule has 6 nitrogen and oxygen atoms in total. The molecule has 2 heterocycles. The molecule has 1 aliphatic heterocycles. The number of hydrogen-bond acceptors (Lipinski definition) is 7. The van der Waals surface area contributed by atoms with Crippen molar-refractivity contribution in [2.24, 2.45) is 0 Å². The number of rotatable bonds is 6. The lowest BCUT2D eigenvalue weighted by Gasteiger charge is -2.26. The highest BCUT2D eigenvalue weighted by Crippen LogP contribution is 2.37. The van der Waals surface area contributed by atoms with Gasteiger partial charge >= 0.3 is 0 Å². The number of hydrogen-bond donors (Lipinski definition) is 1. The topological polar surface area (TPSA) is 79.5 Å². The van der Waals surface area contributed by atoms with Crippen LogP contribution in [-0.4, -0.2) is 55.7 Å². The first-order valence-electron chi connectivity index (χ1n) is 7.41. The van der Waals surface area contributed by atoms with Crippen LogP contribution < -0.4 is 10.6 Å². The molecule has 0 amide bonds. The molecule has 0 saturated carbocycles. The molecular formula is C13H24N4O2S2. The minimum atomic E-state index is -3.33. The highest BCUT2D eigenvalue weighted by Gasteiger charge is 2.32. The Morgan fingerprint density at radius 3 is 2.62 bits per heavy atom. The number of aromatic nitrogens is 1. The van der Waals surface area contributed by atoms with Gasteiger partial charge in [0.15, 0.2) is 15.7 Å². The molecule has 1 saturated heterocycles. The van der Waals surface area contributed by atoms with Gasteiger partial charge in [0.05, 0.1) is 5.75 Å². The SMILES string of the molecule is CCN(CC)C1CCN(c2snc(N)c2S(=O)(=O)CC)C1. The molecule has 0 bridgehead atoms. The van der Waals surface area contributed by atoms with Gasteiger partial charge in [-0.2, -0.15) is 4.37 Å². The molecule has 8 heteroatoms. The molecule has 21 heavy (non-hydrogen) atoms. The van der Waals surface area contributed by atoms with Crippen molar-refractivity contribution in [3.63, 3.8) is 0 Å². The number of sulfone groups is 1. The molecule has 1 aromatic heterocycles. The van der Waals surface area contributed by atoms with Gasteiger partial charge in [-0.25, -0.2) is 8.42 Å². The fourth-order valence-corrected chi connectivity index (χ4v) is 5.23. The Bertz CT molecular complexity index is 581. The van der Waals surface area contributed by atoms with Gasteiger partial charge in [-0.05, 0) is 31.0 Å². The van der Waals surface area contributed by atoms with E-state index in [-0.39, 0.29) is 16.5 Å². The van der Waals surface area contributed by atoms with Gasteiger partial charge in [-0.3, -0.25) is 4.90 Å². The molecule has 1 aromatic rings. The van der Waals surface area contributed by atoms with Crippen LogP contribution >= 0.6 is 11.5 Å². The van der Waals surface area contributed by atoms with E-state index in [0.29, 0.717) is 11.0 Å². The molecule has 0 aromatic carbocycles. The summed E-state index contributed by atoms with van der Waals surface area (Å²) in [7, 11) is -3.33. The van der Waals surface area contributed by atoms with Crippen LogP contribution in [0.1, 0.15) is 27.2 Å². The van der Waals surface area contributed by atoms with Crippen molar-refractivity contribution in [3.8, 4) is 0 Å². The Morgan fingerprint density at radius 1 is 1.38 bits per heavy atom. The number of likely N-dealkylation sites (N-methyl/N-ethyl adjacent to an activating group) is 1. The van der Waals surface area contributed by atoms with Crippen LogP contribution in [0.4, 0.5) is 10.8 Å². The van der Waals surface area contributed by atoms with Gasteiger partial charge in [0.1, 0.15) is 9.90 Å². The number of nitrogens with zero attached hydrogens (tertiary/aromatic N) is 3. The summed E-state index contributed by atoms with van der Waals surface area (Å²) in [6.07, 6.45) is 1.05. The summed E-state index contributed by atoms with van der Waals surface area (Å²) in [6, 6.07) is 0.473. The molecule has 1 unspecified atom stereocenters. The second-order valence-electron chi connectivity index (χ2n) is 5.22. The average molecular weight is 332 g/mol. The van der Waals surface area contributed by atoms with Crippen molar-refractivity contribution in [2.75, 3.05) is 42.6 Å². The van der Waals surface area contributed by atoms with Gasteiger partial charge in [-0.15, -0.1) is 0 Å². The van der Waals surface area contributed by atoms with E-state index in [1.54, 1.807) is 6.92 Å². The van der Waals surface area contributed by atoms with E-state index in [1.165, 1.54) is 11.5 Å². The van der Waals surface area contributed by atoms with Crippen molar-refractivity contribution in [2.45, 2.75) is 38.1 Å². The van der Waals surface area contributed by atoms with Crippen molar-refractivity contribution < 1.29 is 8.42 Å². The largest absolute Gasteiger partial charge is 0.382 e. The lowest BCUT2D eigenvalue weighted by atomic mass is 10.2. The minimum Gasteiger partial charge on any atom is -0.382 e. The van der Waals surface area contributed by atoms with Crippen LogP contribution in [0.25, 0.3) is 0 Å². The summed E-state index contributed by atoms with van der Waals surface area (Å²) in [5, 5.41) is 0.712. The van der Waals surface area contributed by atoms with Gasteiger partial charge in [0, 0.05) is 19.1 Å². The Morgan fingerprint density at radius 2 is 2.05 bits per heavy atom. The van der Waals surface area contributed by atoms with Crippen molar-refractivity contribution in [1.29, 1.82) is 0 Å². The zero-order valence-corrected chi connectivity index (χ0v) is 14.5. The second-order valence-corrected chi connectivity index (χ2v) is 8.18. The lowest BCUT2D eigenvalue weighted by molar-refractivity contribution is 0.232. The Balaban J connectivity index is 2.26. The number of nitrogen functional groups attached to an aromatic ring is 1. The predicted molar refractivity (Wildman–Crippen MR) is 87.8 cm³/mol. The zero-order valence-electron chi connectivity index (χ0n) is 12.9. The quantitative estimate of drug-likeness (QED) is 0.849. The molecular weight excluding hydrogens is 308 g/mol. The van der Waals surface area contributed by atoms with Gasteiger partial charge in [0.25, 0.3) is 0 Å². The molecule has 2 N–H and O–H groups in total. The minimum absolute atomic E-state index is 0.0515. The van der Waals surface area contributed by atoms with Crippen molar-refractivity contribution >= 4 is 32.2 Å². The van der Waals surface area contributed by atoms with E-state index in [2.05, 4.69) is 28.0 Å². The van der Waals surface area contributed by atoms with Crippen LogP contribution in [0.5, 0.6) is 0 Å². The normalized spacial score (nSPS) is 19.6. The third kappa shape index (κ3) is 3.17. The molecule has 120 valence electrons. The molecule has 2 rings (SSSR count). The van der Waals surface area contributed by atoms with Crippen LogP contribution in [0.2, 0.25) is 0 Å². The van der Waals surface area contributed by atoms with E-state index < -0.39 is 9.84 Å². The summed E-state index contributed by atoms with van der Waals surface area (Å²) in [5.74, 6) is 0.193. The first-order valence-corrected chi connectivity index (χ1v) is 9.84. The summed E-state index contributed by atoms with van der Waals surface area (Å²) < 4.78 is 28.5. The fourth-order valence-electron chi connectivity index (χ4n) is 2.89. The van der Waals surface area contributed by atoms with Crippen LogP contribution in [0.3, 0.4) is 0 Å². The van der Waals surface area contributed by atoms with Gasteiger partial charge in [0.2, 0.25) is 0 Å². The smallest absolute Gasteiger partial charge is 0.184 e. The second kappa shape index (κ2) is 6.50. The van der Waals surface area contributed by atoms with Crippen LogP contribution in [-0.2, 0) is 9.84 Å². The van der Waals surface area contributed by atoms with E-state index in [1.807, 2.05) is 0 Å². The summed E-state index contributed by atoms with van der Waals surface area (Å²) >= 11 is 1.20. The van der Waals surface area contributed by atoms with Crippen LogP contribution in [0.15, 0.2) is 4.90 Å². The van der Waals surface area contributed by atoms with E-state index in [4.69, 9.17) is 5.73 Å². The maximum atomic E-state index is 12.2. The van der Waals surface area contributed by atoms with Crippen LogP contribution in [0, 0.1) is 0 Å². The van der Waals surface area contributed by atoms with E-state index >= 15 is 0 Å². The number of anilines is 2. The number of nitrogens with two attached hydrogens (primary N) is 1. The monoisotopic (exact) mass is 332 g/mol. The van der Waals surface area contributed by atoms with Gasteiger partial charge < -0.3 is 10.6 Å². The third-order valence-electron chi connectivity index (χ3n) is 4.13. The molecule has 1 aliphatic rings. The van der Waals surface area contributed by atoms with Gasteiger partial charge in [-0.1, -0.05) is 20.8 Å². The standard InChI is InChI=1S/C13H24N4O2S2/c1-4-16(5-2)10-7-8-17(9-10)13-11(12(14)15-20-13)21(18,19)6-3/h10H,4-9H2,1-3H3,(H2,14,15). The highest BCUT2D eigenvalue weighted by molar-refractivity contribution is 7.91. The highest BCUT2D eigenvalue weighted by atomic mass is 32.2. The average Bonchev–Trinajstić information content (AvgIpc) is 3.07. The maximum Gasteiger partial charge on any atom is 0.184 e. The summed E-state index contributed by atoms with van der Waals surface area (Å²) in [5.41, 5.74) is 5.80. The molecule has 1 fully saturated rings. The zero-order chi connectivity index (χ0) is 15.6. The molecule has 0 radical (unpaired) electrons. The Hall–Kier alpha value is -0.860. The first kappa shape index (κ1) is 16.5. The predicted octanol–water partition coefficient (Wildman–Crippen LogP) is 1.44. The summed E-state index contributed by atoms with van der Waals surface area (Å²) in [4.78, 5) is 4.77. The summed E-state index contributed by atoms with van der Waals surface area (Å²) in [6.45, 7) is 9.68. The van der Waals surface area contributed by atoms with Crippen molar-refractivity contribution in [1.82, 2.24) is 9.27 Å². The lowest BCUT2D eigenvalue weighted by Crippen LogP contribution is -2.37. The van der Waals surface area contributed by atoms with Crippen molar-refractivity contribution in [3.05, 3.63) is 0 Å². The Labute approximate surface area is 131 Å². The Kier molecular flexibility index (Phi) is 5.11. The van der Waals surface area contributed by atoms with E-state index in [9.17, 15) is 8.42 Å². The molecule has 0 spiro atoms. The molecule has 1 atom stereocenters. The first-order chi connectivity index (χ1) is 9.94. The fraction of sp³-hybridized carbons (Fsp3) is 0.769. The van der Waals surface area contributed by atoms with E-state index in [0.717, 1.165) is 32.6 Å². The third-order valence-corrected chi connectivity index (χ3v) is 6.96.